The Bertz CT molecular complexity index is 3030. The third-order valence-electron chi connectivity index (χ3n) is 15.0. The summed E-state index contributed by atoms with van der Waals surface area (Å²) in [5.74, 6) is 3.87. The van der Waals surface area contributed by atoms with Crippen molar-refractivity contribution in [3.05, 3.63) is 196 Å². The first-order valence-corrected chi connectivity index (χ1v) is 21.8. The number of rotatable bonds is 3. The van der Waals surface area contributed by atoms with E-state index in [-0.39, 0.29) is 21.7 Å². The van der Waals surface area contributed by atoms with Gasteiger partial charge in [-0.05, 0) is 81.2 Å². The minimum absolute atomic E-state index is 0.190. The summed E-state index contributed by atoms with van der Waals surface area (Å²) in [6.07, 6.45) is 0. The highest BCUT2D eigenvalue weighted by atomic mass is 16.5. The molecule has 8 aromatic carbocycles. The van der Waals surface area contributed by atoms with Crippen LogP contribution in [0, 0.1) is 0 Å². The molecule has 12 rings (SSSR count). The fourth-order valence-corrected chi connectivity index (χ4v) is 11.5. The van der Waals surface area contributed by atoms with Crippen molar-refractivity contribution in [1.82, 2.24) is 0 Å². The van der Waals surface area contributed by atoms with E-state index in [1.807, 2.05) is 0 Å². The van der Waals surface area contributed by atoms with Gasteiger partial charge in [0, 0.05) is 71.8 Å². The van der Waals surface area contributed by atoms with E-state index in [4.69, 9.17) is 9.47 Å². The molecule has 0 aromatic heterocycles. The summed E-state index contributed by atoms with van der Waals surface area (Å²) in [4.78, 5) is 2.48. The fraction of sp³-hybridized carbons (Fsp3) is 0.207. The van der Waals surface area contributed by atoms with Crippen LogP contribution in [0.5, 0.6) is 23.0 Å². The van der Waals surface area contributed by atoms with Gasteiger partial charge in [0.15, 0.2) is 0 Å². The van der Waals surface area contributed by atoms with Crippen molar-refractivity contribution in [2.24, 2.45) is 0 Å². The summed E-state index contributed by atoms with van der Waals surface area (Å²) in [6, 6.07) is 56.1. The average Bonchev–Trinajstić information content (AvgIpc) is 3.63. The van der Waals surface area contributed by atoms with Gasteiger partial charge >= 0.3 is 0 Å². The molecule has 3 nitrogen and oxygen atoms in total. The van der Waals surface area contributed by atoms with E-state index < -0.39 is 0 Å². The minimum Gasteiger partial charge on any atom is -0.456 e. The van der Waals surface area contributed by atoms with Crippen molar-refractivity contribution in [2.45, 2.75) is 77.0 Å². The second-order valence-corrected chi connectivity index (χ2v) is 19.7. The number of anilines is 3. The lowest BCUT2D eigenvalue weighted by Crippen LogP contribution is -2.25. The third-order valence-corrected chi connectivity index (χ3v) is 15.0. The highest BCUT2D eigenvalue weighted by molar-refractivity contribution is 6.00. The van der Waals surface area contributed by atoms with Crippen LogP contribution in [0.3, 0.4) is 0 Å². The van der Waals surface area contributed by atoms with Crippen LogP contribution in [0.1, 0.15) is 99.9 Å². The van der Waals surface area contributed by atoms with Gasteiger partial charge in [0.05, 0.1) is 5.69 Å². The summed E-state index contributed by atoms with van der Waals surface area (Å²) >= 11 is 0. The lowest BCUT2D eigenvalue weighted by molar-refractivity contribution is 0.418. The zero-order valence-electron chi connectivity index (χ0n) is 36.2. The van der Waals surface area contributed by atoms with Gasteiger partial charge in [-0.15, -0.1) is 0 Å². The second-order valence-electron chi connectivity index (χ2n) is 19.7. The van der Waals surface area contributed by atoms with Gasteiger partial charge in [-0.25, -0.2) is 0 Å². The maximum absolute atomic E-state index is 6.90. The quantitative estimate of drug-likeness (QED) is 0.178. The summed E-state index contributed by atoms with van der Waals surface area (Å²) in [5.41, 5.74) is 17.6. The molecule has 0 spiro atoms. The molecule has 0 fully saturated rings. The number of benzene rings is 8. The molecule has 2 aliphatic heterocycles. The lowest BCUT2D eigenvalue weighted by atomic mass is 9.74. The van der Waals surface area contributed by atoms with Crippen molar-refractivity contribution in [3.8, 4) is 45.3 Å². The summed E-state index contributed by atoms with van der Waals surface area (Å²) < 4.78 is 13.8. The molecule has 0 amide bonds. The van der Waals surface area contributed by atoms with Crippen molar-refractivity contribution in [1.29, 1.82) is 0 Å². The molecule has 0 bridgehead atoms. The van der Waals surface area contributed by atoms with E-state index >= 15 is 0 Å². The lowest BCUT2D eigenvalue weighted by Gasteiger charge is -2.36. The topological polar surface area (TPSA) is 21.7 Å². The summed E-state index contributed by atoms with van der Waals surface area (Å²) in [6.45, 7) is 18.8. The molecule has 3 heteroatoms. The molecule has 2 heterocycles. The molecule has 0 unspecified atom stereocenters. The number of para-hydroxylation sites is 2. The summed E-state index contributed by atoms with van der Waals surface area (Å²) in [5, 5.41) is 2.42. The molecular formula is C58H49NO2. The van der Waals surface area contributed by atoms with Crippen LogP contribution in [-0.2, 0) is 21.7 Å². The van der Waals surface area contributed by atoms with Crippen LogP contribution in [0.15, 0.2) is 152 Å². The van der Waals surface area contributed by atoms with Gasteiger partial charge in [-0.3, -0.25) is 0 Å². The van der Waals surface area contributed by atoms with Crippen molar-refractivity contribution in [2.75, 3.05) is 4.90 Å². The van der Waals surface area contributed by atoms with Crippen LogP contribution < -0.4 is 14.4 Å². The first kappa shape index (κ1) is 36.3. The summed E-state index contributed by atoms with van der Waals surface area (Å²) in [7, 11) is 0. The Labute approximate surface area is 359 Å². The van der Waals surface area contributed by atoms with Crippen molar-refractivity contribution in [3.63, 3.8) is 0 Å². The molecule has 8 aromatic rings. The first-order chi connectivity index (χ1) is 29.3. The molecule has 4 aliphatic rings. The third kappa shape index (κ3) is 4.75. The molecular weight excluding hydrogens is 743 g/mol. The molecule has 0 saturated heterocycles. The molecule has 0 radical (unpaired) electrons. The number of fused-ring (bicyclic) bond motifs is 13. The number of hydrogen-bond acceptors (Lipinski definition) is 3. The van der Waals surface area contributed by atoms with Crippen LogP contribution in [0.25, 0.3) is 33.0 Å². The van der Waals surface area contributed by atoms with E-state index in [2.05, 4.69) is 212 Å². The Morgan fingerprint density at radius 1 is 0.361 bits per heavy atom. The van der Waals surface area contributed by atoms with Crippen LogP contribution in [0.4, 0.5) is 17.1 Å². The zero-order valence-corrected chi connectivity index (χ0v) is 36.2. The van der Waals surface area contributed by atoms with E-state index in [1.165, 1.54) is 77.5 Å². The Kier molecular flexibility index (Phi) is 7.16. The van der Waals surface area contributed by atoms with E-state index in [9.17, 15) is 0 Å². The van der Waals surface area contributed by atoms with Crippen molar-refractivity contribution < 1.29 is 9.47 Å². The fourth-order valence-electron chi connectivity index (χ4n) is 11.5. The monoisotopic (exact) mass is 791 g/mol. The highest BCUT2D eigenvalue weighted by Gasteiger charge is 2.45. The Morgan fingerprint density at radius 3 is 1.31 bits per heavy atom. The molecule has 0 N–H and O–H groups in total. The molecule has 0 saturated carbocycles. The Balaban J connectivity index is 1.04. The minimum atomic E-state index is -0.252. The SMILES string of the molecule is CC1(C)c2ccccc2Oc2c1ccc1c2-c2ccc(N(c3ccc4c(c3)C(C)(C)c3ccc5c(c3-4)Oc3ccccc3C5(C)C)c3cccc4ccccc34)cc2C1(C)C. The highest BCUT2D eigenvalue weighted by Crippen LogP contribution is 2.61. The van der Waals surface area contributed by atoms with Gasteiger partial charge in [0.1, 0.15) is 23.0 Å². The van der Waals surface area contributed by atoms with E-state index in [0.717, 1.165) is 40.1 Å². The zero-order chi connectivity index (χ0) is 41.8. The van der Waals surface area contributed by atoms with Gasteiger partial charge in [-0.1, -0.05) is 165 Å². The Hall–Kier alpha value is -6.58. The smallest absolute Gasteiger partial charge is 0.139 e. The predicted octanol–water partition coefficient (Wildman–Crippen LogP) is 15.8. The maximum atomic E-state index is 6.90. The number of nitrogens with zero attached hydrogens (tertiary/aromatic N) is 1. The Morgan fingerprint density at radius 2 is 0.787 bits per heavy atom. The average molecular weight is 792 g/mol. The van der Waals surface area contributed by atoms with E-state index in [0.29, 0.717) is 0 Å². The van der Waals surface area contributed by atoms with E-state index in [1.54, 1.807) is 0 Å². The second kappa shape index (κ2) is 12.0. The van der Waals surface area contributed by atoms with Gasteiger partial charge in [-0.2, -0.15) is 0 Å². The predicted molar refractivity (Wildman–Crippen MR) is 251 cm³/mol. The maximum Gasteiger partial charge on any atom is 0.139 e. The van der Waals surface area contributed by atoms with Gasteiger partial charge in [0.25, 0.3) is 0 Å². The standard InChI is InChI=1S/C58H49NO2/c1-55(2)40-19-11-13-22-49(40)60-53-44(55)30-28-42-51(53)38-26-24-35(32-46(38)57(42,5)6)59(48-21-15-17-34-16-9-10-18-37(34)48)36-25-27-39-47(33-36)58(7,8)43-29-31-45-54(52(39)43)61-50-23-14-12-20-41(50)56(45,3)4/h9-33H,1-8H3. The normalized spacial score (nSPS) is 17.0. The largest absolute Gasteiger partial charge is 0.456 e. The van der Waals surface area contributed by atoms with Crippen LogP contribution in [-0.4, -0.2) is 0 Å². The van der Waals surface area contributed by atoms with Gasteiger partial charge < -0.3 is 14.4 Å². The van der Waals surface area contributed by atoms with Crippen molar-refractivity contribution >= 4 is 27.8 Å². The number of ether oxygens (including phenoxy) is 2. The molecule has 2 aliphatic carbocycles. The van der Waals surface area contributed by atoms with Crippen LogP contribution >= 0.6 is 0 Å². The first-order valence-electron chi connectivity index (χ1n) is 21.8. The van der Waals surface area contributed by atoms with Crippen LogP contribution in [0.2, 0.25) is 0 Å². The molecule has 0 atom stereocenters. The molecule has 61 heavy (non-hydrogen) atoms. The molecule has 298 valence electrons. The number of hydrogen-bond donors (Lipinski definition) is 0. The van der Waals surface area contributed by atoms with Gasteiger partial charge in [0.2, 0.25) is 0 Å².